The Morgan fingerprint density at radius 1 is 1.40 bits per heavy atom. The van der Waals surface area contributed by atoms with Crippen LogP contribution in [0.15, 0.2) is 12.1 Å². The molecule has 0 spiro atoms. The summed E-state index contributed by atoms with van der Waals surface area (Å²) in [5.41, 5.74) is 6.50. The fourth-order valence-electron chi connectivity index (χ4n) is 2.62. The molecule has 0 radical (unpaired) electrons. The maximum Gasteiger partial charge on any atom is 0.254 e. The van der Waals surface area contributed by atoms with Crippen LogP contribution in [-0.2, 0) is 0 Å². The molecule has 4 nitrogen and oxygen atoms in total. The van der Waals surface area contributed by atoms with Crippen LogP contribution in [-0.4, -0.2) is 35.1 Å². The molecular formula is C14H18Cl2N2O2. The van der Waals surface area contributed by atoms with E-state index >= 15 is 0 Å². The molecule has 1 fully saturated rings. The van der Waals surface area contributed by atoms with Gasteiger partial charge in [0.2, 0.25) is 0 Å². The SMILES string of the molecule is Nc1cc(C(=O)N2CCCCC2CCO)cc(Cl)c1Cl. The highest BCUT2D eigenvalue weighted by Gasteiger charge is 2.27. The summed E-state index contributed by atoms with van der Waals surface area (Å²) in [5, 5.41) is 9.67. The minimum atomic E-state index is -0.103. The summed E-state index contributed by atoms with van der Waals surface area (Å²) in [6.45, 7) is 0.779. The van der Waals surface area contributed by atoms with Crippen molar-refractivity contribution in [2.75, 3.05) is 18.9 Å². The molecule has 110 valence electrons. The van der Waals surface area contributed by atoms with E-state index in [1.807, 2.05) is 0 Å². The minimum absolute atomic E-state index is 0.0805. The zero-order valence-corrected chi connectivity index (χ0v) is 12.6. The van der Waals surface area contributed by atoms with Crippen molar-refractivity contribution >= 4 is 34.8 Å². The van der Waals surface area contributed by atoms with Gasteiger partial charge in [0.05, 0.1) is 15.7 Å². The van der Waals surface area contributed by atoms with Crippen molar-refractivity contribution in [3.05, 3.63) is 27.7 Å². The highest BCUT2D eigenvalue weighted by Crippen LogP contribution is 2.31. The highest BCUT2D eigenvalue weighted by molar-refractivity contribution is 6.43. The average molecular weight is 317 g/mol. The summed E-state index contributed by atoms with van der Waals surface area (Å²) >= 11 is 11.9. The summed E-state index contributed by atoms with van der Waals surface area (Å²) in [4.78, 5) is 14.4. The summed E-state index contributed by atoms with van der Waals surface area (Å²) in [6, 6.07) is 3.19. The number of hydrogen-bond donors (Lipinski definition) is 2. The number of aliphatic hydroxyl groups excluding tert-OH is 1. The molecule has 0 saturated carbocycles. The highest BCUT2D eigenvalue weighted by atomic mass is 35.5. The summed E-state index contributed by atoms with van der Waals surface area (Å²) in [5.74, 6) is -0.103. The van der Waals surface area contributed by atoms with Crippen molar-refractivity contribution in [1.29, 1.82) is 0 Å². The molecule has 20 heavy (non-hydrogen) atoms. The van der Waals surface area contributed by atoms with Gasteiger partial charge < -0.3 is 15.7 Å². The molecule has 1 saturated heterocycles. The zero-order chi connectivity index (χ0) is 14.7. The number of benzene rings is 1. The molecule has 1 aliphatic heterocycles. The molecule has 1 atom stereocenters. The Kier molecular flexibility index (Phi) is 5.13. The summed E-state index contributed by atoms with van der Waals surface area (Å²) < 4.78 is 0. The van der Waals surface area contributed by atoms with E-state index < -0.39 is 0 Å². The molecular weight excluding hydrogens is 299 g/mol. The largest absolute Gasteiger partial charge is 0.397 e. The van der Waals surface area contributed by atoms with Crippen molar-refractivity contribution in [3.63, 3.8) is 0 Å². The molecule has 0 aromatic heterocycles. The molecule has 1 heterocycles. The van der Waals surface area contributed by atoms with Crippen LogP contribution in [0.1, 0.15) is 36.0 Å². The summed E-state index contributed by atoms with van der Waals surface area (Å²) in [6.07, 6.45) is 3.58. The Morgan fingerprint density at radius 3 is 2.80 bits per heavy atom. The quantitative estimate of drug-likeness (QED) is 0.842. The van der Waals surface area contributed by atoms with E-state index in [4.69, 9.17) is 34.0 Å². The van der Waals surface area contributed by atoms with Crippen LogP contribution < -0.4 is 5.73 Å². The van der Waals surface area contributed by atoms with Crippen LogP contribution >= 0.6 is 23.2 Å². The van der Waals surface area contributed by atoms with Gasteiger partial charge in [0, 0.05) is 24.8 Å². The molecule has 1 unspecified atom stereocenters. The Bertz CT molecular complexity index is 483. The van der Waals surface area contributed by atoms with E-state index in [9.17, 15) is 4.79 Å². The fraction of sp³-hybridized carbons (Fsp3) is 0.500. The van der Waals surface area contributed by atoms with Gasteiger partial charge in [-0.25, -0.2) is 0 Å². The van der Waals surface area contributed by atoms with Gasteiger partial charge in [-0.05, 0) is 37.8 Å². The van der Waals surface area contributed by atoms with E-state index in [-0.39, 0.29) is 28.6 Å². The lowest BCUT2D eigenvalue weighted by molar-refractivity contribution is 0.0574. The van der Waals surface area contributed by atoms with Crippen molar-refractivity contribution in [1.82, 2.24) is 4.90 Å². The van der Waals surface area contributed by atoms with Gasteiger partial charge in [-0.15, -0.1) is 0 Å². The number of carbonyl (C=O) groups is 1. The zero-order valence-electron chi connectivity index (χ0n) is 11.1. The monoisotopic (exact) mass is 316 g/mol. The number of piperidine rings is 1. The van der Waals surface area contributed by atoms with E-state index in [0.29, 0.717) is 24.2 Å². The predicted octanol–water partition coefficient (Wildman–Crippen LogP) is 2.95. The Morgan fingerprint density at radius 2 is 2.15 bits per heavy atom. The molecule has 3 N–H and O–H groups in total. The van der Waals surface area contributed by atoms with E-state index in [0.717, 1.165) is 19.3 Å². The number of aliphatic hydroxyl groups is 1. The Labute approximate surface area is 128 Å². The number of carbonyl (C=O) groups excluding carboxylic acids is 1. The van der Waals surface area contributed by atoms with Gasteiger partial charge in [0.15, 0.2) is 0 Å². The van der Waals surface area contributed by atoms with Crippen LogP contribution in [0, 0.1) is 0 Å². The number of likely N-dealkylation sites (tertiary alicyclic amines) is 1. The average Bonchev–Trinajstić information content (AvgIpc) is 2.44. The van der Waals surface area contributed by atoms with Gasteiger partial charge in [-0.3, -0.25) is 4.79 Å². The van der Waals surface area contributed by atoms with Gasteiger partial charge in [0.1, 0.15) is 0 Å². The molecule has 2 rings (SSSR count). The molecule has 0 bridgehead atoms. The molecule has 1 amide bonds. The Hall–Kier alpha value is -0.970. The molecule has 1 aromatic rings. The number of rotatable bonds is 3. The Balaban J connectivity index is 2.25. The van der Waals surface area contributed by atoms with Gasteiger partial charge >= 0.3 is 0 Å². The van der Waals surface area contributed by atoms with Gasteiger partial charge in [0.25, 0.3) is 5.91 Å². The first kappa shape index (κ1) is 15.4. The second-order valence-electron chi connectivity index (χ2n) is 5.02. The van der Waals surface area contributed by atoms with E-state index in [1.165, 1.54) is 0 Å². The maximum atomic E-state index is 12.6. The third-order valence-electron chi connectivity index (χ3n) is 3.65. The van der Waals surface area contributed by atoms with Crippen molar-refractivity contribution in [3.8, 4) is 0 Å². The first-order valence-electron chi connectivity index (χ1n) is 6.71. The van der Waals surface area contributed by atoms with Crippen LogP contribution in [0.25, 0.3) is 0 Å². The number of hydrogen-bond acceptors (Lipinski definition) is 3. The van der Waals surface area contributed by atoms with Crippen LogP contribution in [0.3, 0.4) is 0 Å². The van der Waals surface area contributed by atoms with Crippen molar-refractivity contribution in [2.24, 2.45) is 0 Å². The third-order valence-corrected chi connectivity index (χ3v) is 4.47. The third kappa shape index (κ3) is 3.19. The summed E-state index contributed by atoms with van der Waals surface area (Å²) in [7, 11) is 0. The lowest BCUT2D eigenvalue weighted by atomic mass is 9.98. The van der Waals surface area contributed by atoms with Crippen LogP contribution in [0.5, 0.6) is 0 Å². The number of amides is 1. The minimum Gasteiger partial charge on any atom is -0.397 e. The molecule has 1 aliphatic rings. The van der Waals surface area contributed by atoms with E-state index in [2.05, 4.69) is 0 Å². The second-order valence-corrected chi connectivity index (χ2v) is 5.81. The molecule has 1 aromatic carbocycles. The maximum absolute atomic E-state index is 12.6. The first-order valence-corrected chi connectivity index (χ1v) is 7.46. The van der Waals surface area contributed by atoms with E-state index in [1.54, 1.807) is 17.0 Å². The number of halogens is 2. The second kappa shape index (κ2) is 6.66. The number of nitrogen functional groups attached to an aromatic ring is 1. The van der Waals surface area contributed by atoms with Gasteiger partial charge in [-0.2, -0.15) is 0 Å². The normalized spacial score (nSPS) is 19.1. The van der Waals surface area contributed by atoms with Crippen LogP contribution in [0.4, 0.5) is 5.69 Å². The molecule has 6 heteroatoms. The number of nitrogens with two attached hydrogens (primary N) is 1. The standard InChI is InChI=1S/C14H18Cl2N2O2/c15-11-7-9(8-12(17)13(11)16)14(20)18-5-2-1-3-10(18)4-6-19/h7-8,10,19H,1-6,17H2. The van der Waals surface area contributed by atoms with Crippen molar-refractivity contribution in [2.45, 2.75) is 31.7 Å². The smallest absolute Gasteiger partial charge is 0.254 e. The molecule has 0 aliphatic carbocycles. The fourth-order valence-corrected chi connectivity index (χ4v) is 2.95. The lowest BCUT2D eigenvalue weighted by Crippen LogP contribution is -2.44. The predicted molar refractivity (Wildman–Crippen MR) is 81.3 cm³/mol. The first-order chi connectivity index (χ1) is 9.54. The number of nitrogens with zero attached hydrogens (tertiary/aromatic N) is 1. The van der Waals surface area contributed by atoms with Crippen molar-refractivity contribution < 1.29 is 9.90 Å². The lowest BCUT2D eigenvalue weighted by Gasteiger charge is -2.35. The van der Waals surface area contributed by atoms with Gasteiger partial charge in [-0.1, -0.05) is 23.2 Å². The number of anilines is 1. The topological polar surface area (TPSA) is 66.6 Å². The van der Waals surface area contributed by atoms with Crippen LogP contribution in [0.2, 0.25) is 10.0 Å².